The molecule has 0 radical (unpaired) electrons. The van der Waals surface area contributed by atoms with Crippen LogP contribution in [0.25, 0.3) is 0 Å². The molecule has 3 heterocycles. The van der Waals surface area contributed by atoms with E-state index < -0.39 is 0 Å². The van der Waals surface area contributed by atoms with Crippen LogP contribution in [0.15, 0.2) is 18.5 Å². The summed E-state index contributed by atoms with van der Waals surface area (Å²) in [4.78, 5) is 28.1. The van der Waals surface area contributed by atoms with Gasteiger partial charge in [0.25, 0.3) is 0 Å². The summed E-state index contributed by atoms with van der Waals surface area (Å²) in [5.41, 5.74) is 1.08. The molecular weight excluding hydrogens is 298 g/mol. The van der Waals surface area contributed by atoms with E-state index in [1.54, 1.807) is 29.8 Å². The van der Waals surface area contributed by atoms with Gasteiger partial charge in [-0.05, 0) is 12.0 Å². The second-order valence-corrected chi connectivity index (χ2v) is 6.83. The molecule has 6 nitrogen and oxygen atoms in total. The molecule has 0 spiro atoms. The van der Waals surface area contributed by atoms with Crippen molar-refractivity contribution in [1.82, 2.24) is 19.9 Å². The second-order valence-electron chi connectivity index (χ2n) is 5.75. The Kier molecular flexibility index (Phi) is 4.33. The number of nitrogens with one attached hydrogen (secondary N) is 1. The van der Waals surface area contributed by atoms with Crippen molar-refractivity contribution < 1.29 is 4.79 Å². The molecule has 22 heavy (non-hydrogen) atoms. The van der Waals surface area contributed by atoms with Crippen LogP contribution >= 0.6 is 11.3 Å². The van der Waals surface area contributed by atoms with Crippen LogP contribution in [-0.4, -0.2) is 32.3 Å². The van der Waals surface area contributed by atoms with Crippen molar-refractivity contribution in [2.24, 2.45) is 5.92 Å². The predicted molar refractivity (Wildman–Crippen MR) is 86.0 cm³/mol. The lowest BCUT2D eigenvalue weighted by Gasteiger charge is -2.26. The molecule has 0 aromatic carbocycles. The van der Waals surface area contributed by atoms with Gasteiger partial charge in [-0.1, -0.05) is 25.2 Å². The Labute approximate surface area is 133 Å². The molecule has 1 aliphatic rings. The van der Waals surface area contributed by atoms with Crippen molar-refractivity contribution in [3.05, 3.63) is 29.0 Å². The number of thiazole rings is 1. The lowest BCUT2D eigenvalue weighted by atomic mass is 10.1. The van der Waals surface area contributed by atoms with E-state index in [2.05, 4.69) is 34.1 Å². The monoisotopic (exact) mass is 317 g/mol. The quantitative estimate of drug-likeness (QED) is 0.938. The highest BCUT2D eigenvalue weighted by molar-refractivity contribution is 7.15. The average molecular weight is 317 g/mol. The molecule has 3 rings (SSSR count). The van der Waals surface area contributed by atoms with Gasteiger partial charge in [0.2, 0.25) is 11.9 Å². The molecule has 116 valence electrons. The summed E-state index contributed by atoms with van der Waals surface area (Å²) in [7, 11) is 0. The summed E-state index contributed by atoms with van der Waals surface area (Å²) in [5.74, 6) is 1.17. The van der Waals surface area contributed by atoms with Gasteiger partial charge in [0, 0.05) is 36.7 Å². The lowest BCUT2D eigenvalue weighted by Crippen LogP contribution is -2.36. The number of hydrogen-bond donors (Lipinski definition) is 1. The van der Waals surface area contributed by atoms with E-state index in [4.69, 9.17) is 0 Å². The van der Waals surface area contributed by atoms with Gasteiger partial charge < -0.3 is 10.2 Å². The van der Waals surface area contributed by atoms with Crippen LogP contribution in [-0.2, 0) is 17.8 Å². The van der Waals surface area contributed by atoms with Crippen LogP contribution in [0.4, 0.5) is 11.1 Å². The van der Waals surface area contributed by atoms with Gasteiger partial charge in [-0.2, -0.15) is 0 Å². The number of amides is 1. The third-order valence-electron chi connectivity index (χ3n) is 3.45. The topological polar surface area (TPSA) is 71.0 Å². The van der Waals surface area contributed by atoms with E-state index in [1.165, 1.54) is 0 Å². The highest BCUT2D eigenvalue weighted by Gasteiger charge is 2.24. The van der Waals surface area contributed by atoms with E-state index in [1.807, 2.05) is 4.90 Å². The Morgan fingerprint density at radius 2 is 2.18 bits per heavy atom. The molecule has 2 aromatic rings. The van der Waals surface area contributed by atoms with Crippen LogP contribution in [0, 0.1) is 5.92 Å². The number of hydrogen-bond acceptors (Lipinski definition) is 6. The van der Waals surface area contributed by atoms with E-state index >= 15 is 0 Å². The van der Waals surface area contributed by atoms with Crippen LogP contribution in [0.3, 0.4) is 0 Å². The fourth-order valence-corrected chi connectivity index (χ4v) is 3.42. The summed E-state index contributed by atoms with van der Waals surface area (Å²) in [5, 5.41) is 3.91. The van der Waals surface area contributed by atoms with Gasteiger partial charge in [0.1, 0.15) is 0 Å². The maximum absolute atomic E-state index is 12.2. The first-order valence-electron chi connectivity index (χ1n) is 7.42. The summed E-state index contributed by atoms with van der Waals surface area (Å²) in [6.07, 6.45) is 4.80. The maximum atomic E-state index is 12.2. The summed E-state index contributed by atoms with van der Waals surface area (Å²) in [6, 6.07) is 1.77. The average Bonchev–Trinajstić information content (AvgIpc) is 2.88. The number of rotatable bonds is 4. The van der Waals surface area contributed by atoms with Crippen LogP contribution in [0.1, 0.15) is 30.8 Å². The van der Waals surface area contributed by atoms with Crippen molar-refractivity contribution in [3.63, 3.8) is 0 Å². The zero-order valence-electron chi connectivity index (χ0n) is 12.7. The van der Waals surface area contributed by atoms with E-state index in [0.29, 0.717) is 24.8 Å². The third kappa shape index (κ3) is 3.41. The van der Waals surface area contributed by atoms with E-state index in [-0.39, 0.29) is 5.91 Å². The Morgan fingerprint density at radius 3 is 2.91 bits per heavy atom. The van der Waals surface area contributed by atoms with Crippen LogP contribution in [0.5, 0.6) is 0 Å². The van der Waals surface area contributed by atoms with Crippen LogP contribution in [0.2, 0.25) is 0 Å². The highest BCUT2D eigenvalue weighted by Crippen LogP contribution is 2.29. The number of carbonyl (C=O) groups excluding carboxylic acids is 1. The Bertz CT molecular complexity index is 655. The smallest absolute Gasteiger partial charge is 0.228 e. The van der Waals surface area contributed by atoms with Crippen molar-refractivity contribution in [1.29, 1.82) is 0 Å². The fraction of sp³-hybridized carbons (Fsp3) is 0.467. The molecule has 1 N–H and O–H groups in total. The largest absolute Gasteiger partial charge is 0.337 e. The van der Waals surface area contributed by atoms with Gasteiger partial charge in [0.05, 0.1) is 12.2 Å². The lowest BCUT2D eigenvalue weighted by molar-refractivity contribution is -0.132. The standard InChI is InChI=1S/C15H19N5OS/c1-10(2)8-13(21)20-7-4-11-12(9-20)22-15(18-11)19-14-16-5-3-6-17-14/h3,5-6,10H,4,7-9H2,1-2H3,(H,16,17,18,19). The van der Waals surface area contributed by atoms with Crippen molar-refractivity contribution >= 4 is 28.3 Å². The maximum Gasteiger partial charge on any atom is 0.228 e. The first-order valence-corrected chi connectivity index (χ1v) is 8.24. The van der Waals surface area contributed by atoms with Crippen molar-refractivity contribution in [2.45, 2.75) is 33.2 Å². The first-order chi connectivity index (χ1) is 10.6. The van der Waals surface area contributed by atoms with Gasteiger partial charge in [-0.15, -0.1) is 0 Å². The summed E-state index contributed by atoms with van der Waals surface area (Å²) in [6.45, 7) is 5.56. The summed E-state index contributed by atoms with van der Waals surface area (Å²) < 4.78 is 0. The number of nitrogens with zero attached hydrogens (tertiary/aromatic N) is 4. The zero-order chi connectivity index (χ0) is 15.5. The molecule has 7 heteroatoms. The normalized spacial score (nSPS) is 14.0. The molecule has 0 bridgehead atoms. The van der Waals surface area contributed by atoms with Crippen molar-refractivity contribution in [2.75, 3.05) is 11.9 Å². The third-order valence-corrected chi connectivity index (χ3v) is 4.45. The van der Waals surface area contributed by atoms with Gasteiger partial charge >= 0.3 is 0 Å². The Hall–Kier alpha value is -2.02. The Balaban J connectivity index is 1.69. The van der Waals surface area contributed by atoms with Gasteiger partial charge in [0.15, 0.2) is 5.13 Å². The minimum absolute atomic E-state index is 0.231. The number of carbonyl (C=O) groups is 1. The first kappa shape index (κ1) is 14.9. The fourth-order valence-electron chi connectivity index (χ4n) is 2.40. The predicted octanol–water partition coefficient (Wildman–Crippen LogP) is 2.61. The Morgan fingerprint density at radius 1 is 1.41 bits per heavy atom. The molecule has 2 aromatic heterocycles. The van der Waals surface area contributed by atoms with E-state index in [9.17, 15) is 4.79 Å². The van der Waals surface area contributed by atoms with Crippen molar-refractivity contribution in [3.8, 4) is 0 Å². The SMILES string of the molecule is CC(C)CC(=O)N1CCc2nc(Nc3ncccn3)sc2C1. The molecule has 0 fully saturated rings. The highest BCUT2D eigenvalue weighted by atomic mass is 32.1. The summed E-state index contributed by atoms with van der Waals surface area (Å²) >= 11 is 1.57. The number of fused-ring (bicyclic) bond motifs is 1. The molecule has 1 amide bonds. The zero-order valence-corrected chi connectivity index (χ0v) is 13.6. The molecule has 0 atom stereocenters. The number of aromatic nitrogens is 3. The second kappa shape index (κ2) is 6.39. The van der Waals surface area contributed by atoms with Crippen LogP contribution < -0.4 is 5.32 Å². The van der Waals surface area contributed by atoms with Gasteiger partial charge in [-0.25, -0.2) is 15.0 Å². The minimum Gasteiger partial charge on any atom is -0.337 e. The molecule has 0 saturated heterocycles. The molecule has 0 unspecified atom stereocenters. The number of anilines is 2. The molecule has 0 aliphatic carbocycles. The minimum atomic E-state index is 0.231. The molecular formula is C15H19N5OS. The molecule has 0 saturated carbocycles. The van der Waals surface area contributed by atoms with Gasteiger partial charge in [-0.3, -0.25) is 4.79 Å². The van der Waals surface area contributed by atoms with E-state index in [0.717, 1.165) is 28.7 Å². The molecule has 1 aliphatic heterocycles.